The lowest BCUT2D eigenvalue weighted by Gasteiger charge is -2.28. The predicted octanol–water partition coefficient (Wildman–Crippen LogP) is 6.41. The van der Waals surface area contributed by atoms with E-state index in [1.807, 2.05) is 6.08 Å². The van der Waals surface area contributed by atoms with E-state index < -0.39 is 0 Å². The van der Waals surface area contributed by atoms with Gasteiger partial charge in [-0.05, 0) is 74.3 Å². The van der Waals surface area contributed by atoms with Gasteiger partial charge in [-0.3, -0.25) is 0 Å². The molecule has 1 nitrogen and oxygen atoms in total. The molecule has 0 saturated heterocycles. The third-order valence-corrected chi connectivity index (χ3v) is 5.04. The van der Waals surface area contributed by atoms with Gasteiger partial charge in [0.25, 0.3) is 0 Å². The van der Waals surface area contributed by atoms with Gasteiger partial charge in [0.15, 0.2) is 0 Å². The molecule has 0 bridgehead atoms. The zero-order valence-electron chi connectivity index (χ0n) is 14.5. The summed E-state index contributed by atoms with van der Waals surface area (Å²) in [6.45, 7) is 9.12. The van der Waals surface area contributed by atoms with Crippen LogP contribution < -0.4 is 0 Å². The number of rotatable bonds is 10. The highest BCUT2D eigenvalue weighted by Crippen LogP contribution is 2.37. The van der Waals surface area contributed by atoms with E-state index in [9.17, 15) is 0 Å². The Balaban J connectivity index is 1.72. The van der Waals surface area contributed by atoms with Crippen molar-refractivity contribution in [2.24, 2.45) is 5.92 Å². The smallest absolute Gasteiger partial charge is 0.0716 e. The summed E-state index contributed by atoms with van der Waals surface area (Å²) in [4.78, 5) is 0. The van der Waals surface area contributed by atoms with Crippen LogP contribution in [0.15, 0.2) is 49.6 Å². The van der Waals surface area contributed by atoms with Gasteiger partial charge in [0, 0.05) is 6.61 Å². The van der Waals surface area contributed by atoms with Crippen LogP contribution >= 0.6 is 0 Å². The maximum Gasteiger partial charge on any atom is 0.0716 e. The Morgan fingerprint density at radius 1 is 0.957 bits per heavy atom. The van der Waals surface area contributed by atoms with Gasteiger partial charge < -0.3 is 4.74 Å². The Kier molecular flexibility index (Phi) is 8.17. The van der Waals surface area contributed by atoms with Gasteiger partial charge in [-0.2, -0.15) is 0 Å². The van der Waals surface area contributed by atoms with E-state index in [4.69, 9.17) is 4.74 Å². The second-order valence-corrected chi connectivity index (χ2v) is 6.81. The SMILES string of the molecule is C=CCCCOCc1ccc([C@H]2CC[C@H](CCC=C)CC2)cc1. The van der Waals surface area contributed by atoms with Crippen LogP contribution in [-0.2, 0) is 11.3 Å². The summed E-state index contributed by atoms with van der Waals surface area (Å²) in [7, 11) is 0. The van der Waals surface area contributed by atoms with Crippen molar-refractivity contribution < 1.29 is 4.74 Å². The number of hydrogen-bond donors (Lipinski definition) is 0. The molecule has 0 atom stereocenters. The standard InChI is InChI=1S/C22H32O/c1-3-5-7-17-23-18-20-11-15-22(16-12-20)21-13-9-19(10-14-21)8-6-4-2/h3-4,11-12,15-16,19,21H,1-2,5-10,13-14,17-18H2/t19-,21-. The maximum atomic E-state index is 5.70. The quantitative estimate of drug-likeness (QED) is 0.358. The van der Waals surface area contributed by atoms with Crippen LogP contribution in [0.1, 0.15) is 68.4 Å². The number of benzene rings is 1. The molecule has 126 valence electrons. The van der Waals surface area contributed by atoms with E-state index in [1.165, 1.54) is 49.7 Å². The predicted molar refractivity (Wildman–Crippen MR) is 99.7 cm³/mol. The second kappa shape index (κ2) is 10.4. The fourth-order valence-electron chi connectivity index (χ4n) is 3.54. The number of unbranched alkanes of at least 4 members (excludes halogenated alkanes) is 1. The zero-order valence-corrected chi connectivity index (χ0v) is 14.5. The second-order valence-electron chi connectivity index (χ2n) is 6.81. The average molecular weight is 312 g/mol. The average Bonchev–Trinajstić information content (AvgIpc) is 2.61. The number of ether oxygens (including phenoxy) is 1. The van der Waals surface area contributed by atoms with Crippen molar-refractivity contribution in [3.63, 3.8) is 0 Å². The van der Waals surface area contributed by atoms with Crippen LogP contribution in [0.4, 0.5) is 0 Å². The van der Waals surface area contributed by atoms with Crippen LogP contribution in [0.25, 0.3) is 0 Å². The van der Waals surface area contributed by atoms with Crippen molar-refractivity contribution >= 4 is 0 Å². The maximum absolute atomic E-state index is 5.70. The van der Waals surface area contributed by atoms with E-state index in [0.29, 0.717) is 0 Å². The molecule has 0 radical (unpaired) electrons. The molecule has 1 aliphatic carbocycles. The molecule has 0 amide bonds. The molecule has 23 heavy (non-hydrogen) atoms. The molecule has 1 aromatic rings. The lowest BCUT2D eigenvalue weighted by molar-refractivity contribution is 0.119. The first-order valence-electron chi connectivity index (χ1n) is 9.22. The minimum Gasteiger partial charge on any atom is -0.377 e. The van der Waals surface area contributed by atoms with Gasteiger partial charge in [-0.1, -0.05) is 36.4 Å². The molecule has 1 aliphatic rings. The fraction of sp³-hybridized carbons (Fsp3) is 0.545. The Labute approximate surface area is 142 Å². The van der Waals surface area contributed by atoms with E-state index in [2.05, 4.69) is 43.5 Å². The normalized spacial score (nSPS) is 21.0. The molecule has 0 aliphatic heterocycles. The Morgan fingerprint density at radius 3 is 2.30 bits per heavy atom. The first-order chi connectivity index (χ1) is 11.3. The summed E-state index contributed by atoms with van der Waals surface area (Å²) in [6, 6.07) is 9.12. The topological polar surface area (TPSA) is 9.23 Å². The van der Waals surface area contributed by atoms with Gasteiger partial charge in [-0.15, -0.1) is 13.2 Å². The Bertz CT molecular complexity index is 451. The minimum absolute atomic E-state index is 0.728. The van der Waals surface area contributed by atoms with Crippen molar-refractivity contribution in [2.45, 2.75) is 63.9 Å². The number of allylic oxidation sites excluding steroid dienone is 2. The third kappa shape index (κ3) is 6.35. The zero-order chi connectivity index (χ0) is 16.3. The summed E-state index contributed by atoms with van der Waals surface area (Å²) in [5, 5.41) is 0. The number of hydrogen-bond acceptors (Lipinski definition) is 1. The molecular weight excluding hydrogens is 280 g/mol. The molecule has 0 spiro atoms. The van der Waals surface area contributed by atoms with E-state index >= 15 is 0 Å². The fourth-order valence-corrected chi connectivity index (χ4v) is 3.54. The van der Waals surface area contributed by atoms with Crippen LogP contribution in [0, 0.1) is 5.92 Å². The lowest BCUT2D eigenvalue weighted by atomic mass is 9.77. The van der Waals surface area contributed by atoms with Gasteiger partial charge in [-0.25, -0.2) is 0 Å². The van der Waals surface area contributed by atoms with E-state index in [0.717, 1.165) is 37.9 Å². The first kappa shape index (κ1) is 18.0. The molecule has 0 unspecified atom stereocenters. The molecule has 1 heteroatoms. The Hall–Kier alpha value is -1.34. The van der Waals surface area contributed by atoms with Crippen LogP contribution in [-0.4, -0.2) is 6.61 Å². The summed E-state index contributed by atoms with van der Waals surface area (Å²) in [5.41, 5.74) is 2.80. The largest absolute Gasteiger partial charge is 0.377 e. The van der Waals surface area contributed by atoms with Crippen molar-refractivity contribution in [3.8, 4) is 0 Å². The first-order valence-corrected chi connectivity index (χ1v) is 9.22. The molecular formula is C22H32O. The molecule has 1 aromatic carbocycles. The molecule has 1 fully saturated rings. The lowest BCUT2D eigenvalue weighted by Crippen LogP contribution is -2.13. The molecule has 1 saturated carbocycles. The van der Waals surface area contributed by atoms with E-state index in [-0.39, 0.29) is 0 Å². The van der Waals surface area contributed by atoms with Gasteiger partial charge >= 0.3 is 0 Å². The molecule has 0 N–H and O–H groups in total. The molecule has 2 rings (SSSR count). The van der Waals surface area contributed by atoms with Crippen molar-refractivity contribution in [2.75, 3.05) is 6.61 Å². The highest BCUT2D eigenvalue weighted by Gasteiger charge is 2.21. The van der Waals surface area contributed by atoms with Crippen LogP contribution in [0.5, 0.6) is 0 Å². The van der Waals surface area contributed by atoms with Crippen LogP contribution in [0.2, 0.25) is 0 Å². The summed E-state index contributed by atoms with van der Waals surface area (Å²) >= 11 is 0. The summed E-state index contributed by atoms with van der Waals surface area (Å²) in [5.74, 6) is 1.69. The monoisotopic (exact) mass is 312 g/mol. The van der Waals surface area contributed by atoms with Crippen molar-refractivity contribution in [3.05, 3.63) is 60.7 Å². The van der Waals surface area contributed by atoms with Gasteiger partial charge in [0.05, 0.1) is 6.61 Å². The summed E-state index contributed by atoms with van der Waals surface area (Å²) in [6.07, 6.45) is 14.1. The third-order valence-electron chi connectivity index (χ3n) is 5.04. The Morgan fingerprint density at radius 2 is 1.65 bits per heavy atom. The van der Waals surface area contributed by atoms with Crippen molar-refractivity contribution in [1.29, 1.82) is 0 Å². The van der Waals surface area contributed by atoms with Crippen LogP contribution in [0.3, 0.4) is 0 Å². The molecule has 0 aromatic heterocycles. The highest BCUT2D eigenvalue weighted by molar-refractivity contribution is 5.25. The highest BCUT2D eigenvalue weighted by atomic mass is 16.5. The van der Waals surface area contributed by atoms with Gasteiger partial charge in [0.1, 0.15) is 0 Å². The van der Waals surface area contributed by atoms with Crippen molar-refractivity contribution in [1.82, 2.24) is 0 Å². The van der Waals surface area contributed by atoms with E-state index in [1.54, 1.807) is 0 Å². The minimum atomic E-state index is 0.728. The molecule has 0 heterocycles. The van der Waals surface area contributed by atoms with Gasteiger partial charge in [0.2, 0.25) is 0 Å². The summed E-state index contributed by atoms with van der Waals surface area (Å²) < 4.78 is 5.70.